The molecule has 72 valence electrons. The summed E-state index contributed by atoms with van der Waals surface area (Å²) in [6.07, 6.45) is 1.71. The first-order valence-electron chi connectivity index (χ1n) is 4.41. The summed E-state index contributed by atoms with van der Waals surface area (Å²) < 4.78 is 10.2. The summed E-state index contributed by atoms with van der Waals surface area (Å²) in [6, 6.07) is 7.33. The maximum Gasteiger partial charge on any atom is 0.254 e. The van der Waals surface area contributed by atoms with E-state index in [1.807, 2.05) is 25.1 Å². The van der Waals surface area contributed by atoms with Crippen molar-refractivity contribution in [2.24, 2.45) is 0 Å². The van der Waals surface area contributed by atoms with E-state index in [9.17, 15) is 0 Å². The minimum absolute atomic E-state index is 0.494. The molecule has 2 aromatic heterocycles. The van der Waals surface area contributed by atoms with Gasteiger partial charge in [0.05, 0.1) is 12.7 Å². The standard InChI is InChI=1S/C10H10N2O2/c1-2-13-10-7-9(14-12-10)8-5-3-4-6-11-8/h3-7H,2H2,1H3. The van der Waals surface area contributed by atoms with Gasteiger partial charge in [0, 0.05) is 6.20 Å². The molecule has 2 rings (SSSR count). The molecular weight excluding hydrogens is 180 g/mol. The lowest BCUT2D eigenvalue weighted by Crippen LogP contribution is -1.89. The molecule has 0 spiro atoms. The Morgan fingerprint density at radius 3 is 3.07 bits per heavy atom. The molecule has 0 saturated carbocycles. The maximum absolute atomic E-state index is 5.18. The molecule has 2 aromatic rings. The van der Waals surface area contributed by atoms with E-state index in [0.717, 1.165) is 5.69 Å². The summed E-state index contributed by atoms with van der Waals surface area (Å²) in [4.78, 5) is 4.13. The van der Waals surface area contributed by atoms with Gasteiger partial charge in [-0.3, -0.25) is 4.98 Å². The molecule has 0 saturated heterocycles. The van der Waals surface area contributed by atoms with Gasteiger partial charge in [0.2, 0.25) is 0 Å². The number of aromatic nitrogens is 2. The average Bonchev–Trinajstić information content (AvgIpc) is 2.68. The highest BCUT2D eigenvalue weighted by molar-refractivity contribution is 5.52. The van der Waals surface area contributed by atoms with Crippen molar-refractivity contribution in [1.29, 1.82) is 0 Å². The zero-order chi connectivity index (χ0) is 9.80. The molecule has 0 bridgehead atoms. The second-order valence-corrected chi connectivity index (χ2v) is 2.68. The quantitative estimate of drug-likeness (QED) is 0.743. The smallest absolute Gasteiger partial charge is 0.254 e. The van der Waals surface area contributed by atoms with Crippen LogP contribution in [-0.4, -0.2) is 16.7 Å². The molecule has 0 aliphatic rings. The van der Waals surface area contributed by atoms with Crippen molar-refractivity contribution >= 4 is 0 Å². The van der Waals surface area contributed by atoms with Gasteiger partial charge in [0.1, 0.15) is 5.69 Å². The Balaban J connectivity index is 2.25. The zero-order valence-electron chi connectivity index (χ0n) is 7.80. The van der Waals surface area contributed by atoms with Crippen molar-refractivity contribution in [3.63, 3.8) is 0 Å². The van der Waals surface area contributed by atoms with Gasteiger partial charge in [-0.25, -0.2) is 0 Å². The van der Waals surface area contributed by atoms with Crippen LogP contribution < -0.4 is 4.74 Å². The van der Waals surface area contributed by atoms with Crippen LogP contribution in [0.2, 0.25) is 0 Å². The second kappa shape index (κ2) is 3.91. The second-order valence-electron chi connectivity index (χ2n) is 2.68. The summed E-state index contributed by atoms with van der Waals surface area (Å²) in [5.74, 6) is 1.11. The molecule has 0 aliphatic heterocycles. The molecule has 0 amide bonds. The van der Waals surface area contributed by atoms with E-state index in [1.54, 1.807) is 12.3 Å². The van der Waals surface area contributed by atoms with Crippen LogP contribution in [0.15, 0.2) is 35.0 Å². The number of pyridine rings is 1. The minimum Gasteiger partial charge on any atom is -0.476 e. The lowest BCUT2D eigenvalue weighted by atomic mass is 10.3. The molecule has 0 fully saturated rings. The first kappa shape index (κ1) is 8.74. The van der Waals surface area contributed by atoms with Crippen LogP contribution in [0.1, 0.15) is 6.92 Å². The molecule has 0 atom stereocenters. The van der Waals surface area contributed by atoms with Crippen molar-refractivity contribution in [3.05, 3.63) is 30.5 Å². The van der Waals surface area contributed by atoms with Crippen molar-refractivity contribution in [3.8, 4) is 17.3 Å². The topological polar surface area (TPSA) is 48.2 Å². The Morgan fingerprint density at radius 2 is 2.36 bits per heavy atom. The Kier molecular flexibility index (Phi) is 2.44. The zero-order valence-corrected chi connectivity index (χ0v) is 7.80. The van der Waals surface area contributed by atoms with Gasteiger partial charge in [-0.05, 0) is 24.2 Å². The molecule has 2 heterocycles. The predicted octanol–water partition coefficient (Wildman–Crippen LogP) is 2.14. The highest BCUT2D eigenvalue weighted by atomic mass is 16.5. The predicted molar refractivity (Wildman–Crippen MR) is 50.9 cm³/mol. The van der Waals surface area contributed by atoms with Gasteiger partial charge in [0.25, 0.3) is 5.88 Å². The van der Waals surface area contributed by atoms with Crippen LogP contribution in [0.5, 0.6) is 5.88 Å². The highest BCUT2D eigenvalue weighted by Crippen LogP contribution is 2.20. The minimum atomic E-state index is 0.494. The summed E-state index contributed by atoms with van der Waals surface area (Å²) in [5.41, 5.74) is 0.756. The Morgan fingerprint density at radius 1 is 1.43 bits per heavy atom. The van der Waals surface area contributed by atoms with Crippen molar-refractivity contribution in [2.75, 3.05) is 6.61 Å². The monoisotopic (exact) mass is 190 g/mol. The molecule has 0 aliphatic carbocycles. The third-order valence-electron chi connectivity index (χ3n) is 1.70. The lowest BCUT2D eigenvalue weighted by molar-refractivity contribution is 0.296. The Hall–Kier alpha value is -1.84. The summed E-state index contributed by atoms with van der Waals surface area (Å²) >= 11 is 0. The van der Waals surface area contributed by atoms with Gasteiger partial charge < -0.3 is 9.26 Å². The fourth-order valence-electron chi connectivity index (χ4n) is 1.10. The molecular formula is C10H10N2O2. The van der Waals surface area contributed by atoms with Crippen LogP contribution in [0, 0.1) is 0 Å². The Bertz CT molecular complexity index is 398. The van der Waals surface area contributed by atoms with E-state index in [-0.39, 0.29) is 0 Å². The van der Waals surface area contributed by atoms with Crippen LogP contribution in [0.3, 0.4) is 0 Å². The molecule has 0 N–H and O–H groups in total. The molecule has 0 aromatic carbocycles. The van der Waals surface area contributed by atoms with Crippen molar-refractivity contribution in [1.82, 2.24) is 10.1 Å². The van der Waals surface area contributed by atoms with Crippen molar-refractivity contribution in [2.45, 2.75) is 6.92 Å². The molecule has 4 nitrogen and oxygen atoms in total. The largest absolute Gasteiger partial charge is 0.476 e. The molecule has 4 heteroatoms. The van der Waals surface area contributed by atoms with Crippen LogP contribution in [-0.2, 0) is 0 Å². The fourth-order valence-corrected chi connectivity index (χ4v) is 1.10. The number of ether oxygens (including phenoxy) is 1. The van der Waals surface area contributed by atoms with E-state index < -0.39 is 0 Å². The maximum atomic E-state index is 5.18. The summed E-state index contributed by atoms with van der Waals surface area (Å²) in [7, 11) is 0. The van der Waals surface area contributed by atoms with E-state index >= 15 is 0 Å². The normalized spacial score (nSPS) is 10.1. The number of nitrogens with zero attached hydrogens (tertiary/aromatic N) is 2. The highest BCUT2D eigenvalue weighted by Gasteiger charge is 2.06. The van der Waals surface area contributed by atoms with Gasteiger partial charge in [-0.15, -0.1) is 0 Å². The van der Waals surface area contributed by atoms with Gasteiger partial charge in [-0.2, -0.15) is 0 Å². The lowest BCUT2D eigenvalue weighted by Gasteiger charge is -1.92. The van der Waals surface area contributed by atoms with Crippen LogP contribution >= 0.6 is 0 Å². The third kappa shape index (κ3) is 1.74. The van der Waals surface area contributed by atoms with E-state index in [2.05, 4.69) is 10.1 Å². The van der Waals surface area contributed by atoms with Crippen LogP contribution in [0.4, 0.5) is 0 Å². The van der Waals surface area contributed by atoms with Crippen LogP contribution in [0.25, 0.3) is 11.5 Å². The van der Waals surface area contributed by atoms with E-state index in [1.165, 1.54) is 0 Å². The first-order valence-corrected chi connectivity index (χ1v) is 4.41. The van der Waals surface area contributed by atoms with Gasteiger partial charge in [0.15, 0.2) is 5.76 Å². The average molecular weight is 190 g/mol. The molecule has 0 radical (unpaired) electrons. The SMILES string of the molecule is CCOc1cc(-c2ccccn2)on1. The molecule has 14 heavy (non-hydrogen) atoms. The Labute approximate surface area is 81.5 Å². The summed E-state index contributed by atoms with van der Waals surface area (Å²) in [6.45, 7) is 2.48. The first-order chi connectivity index (χ1) is 6.90. The number of rotatable bonds is 3. The number of hydrogen-bond acceptors (Lipinski definition) is 4. The fraction of sp³-hybridized carbons (Fsp3) is 0.200. The van der Waals surface area contributed by atoms with Gasteiger partial charge >= 0.3 is 0 Å². The molecule has 0 unspecified atom stereocenters. The van der Waals surface area contributed by atoms with Gasteiger partial charge in [-0.1, -0.05) is 6.07 Å². The number of hydrogen-bond donors (Lipinski definition) is 0. The van der Waals surface area contributed by atoms with Crippen molar-refractivity contribution < 1.29 is 9.26 Å². The van der Waals surface area contributed by atoms with E-state index in [0.29, 0.717) is 18.2 Å². The van der Waals surface area contributed by atoms with E-state index in [4.69, 9.17) is 9.26 Å². The summed E-state index contributed by atoms with van der Waals surface area (Å²) in [5, 5.41) is 3.75. The third-order valence-corrected chi connectivity index (χ3v) is 1.70.